The fourth-order valence-corrected chi connectivity index (χ4v) is 8.56. The maximum atomic E-state index is 14.2. The minimum absolute atomic E-state index is 0.0240. The average Bonchev–Trinajstić information content (AvgIpc) is 2.94. The van der Waals surface area contributed by atoms with E-state index in [1.165, 1.54) is 13.0 Å². The van der Waals surface area contributed by atoms with Gasteiger partial charge in [0.05, 0.1) is 18.6 Å². The van der Waals surface area contributed by atoms with Crippen LogP contribution in [0.25, 0.3) is 0 Å². The lowest BCUT2D eigenvalue weighted by Gasteiger charge is -2.41. The van der Waals surface area contributed by atoms with Crippen molar-refractivity contribution >= 4 is 25.9 Å². The SMILES string of the molecule is CC[C@H]1OC(=O)[C@H](C)[C@@H](OCc2ccccc2)CC(=O)[C@](C)(O[Si](CC)(CC)CC)C[C@@H](C)/C=C/C(=O)[C@]1(C)O. The highest BCUT2D eigenvalue weighted by atomic mass is 28.4. The Morgan fingerprint density at radius 2 is 1.60 bits per heavy atom. The zero-order valence-electron chi connectivity index (χ0n) is 25.7. The second kappa shape index (κ2) is 14.7. The maximum absolute atomic E-state index is 14.2. The molecule has 0 unspecified atom stereocenters. The van der Waals surface area contributed by atoms with Crippen LogP contribution < -0.4 is 0 Å². The van der Waals surface area contributed by atoms with Crippen LogP contribution in [0.15, 0.2) is 42.5 Å². The third kappa shape index (κ3) is 8.44. The van der Waals surface area contributed by atoms with Gasteiger partial charge in [-0.1, -0.05) is 71.0 Å². The molecule has 1 aliphatic rings. The summed E-state index contributed by atoms with van der Waals surface area (Å²) in [6, 6.07) is 12.2. The van der Waals surface area contributed by atoms with E-state index in [0.29, 0.717) is 6.42 Å². The molecule has 0 aromatic heterocycles. The topological polar surface area (TPSA) is 99.1 Å². The van der Waals surface area contributed by atoms with E-state index in [9.17, 15) is 19.5 Å². The fourth-order valence-electron chi connectivity index (χ4n) is 5.47. The highest BCUT2D eigenvalue weighted by molar-refractivity contribution is 6.73. The summed E-state index contributed by atoms with van der Waals surface area (Å²) in [5, 5.41) is 11.1. The average molecular weight is 575 g/mol. The Bertz CT molecular complexity index is 1010. The van der Waals surface area contributed by atoms with Crippen molar-refractivity contribution in [3.63, 3.8) is 0 Å². The Labute approximate surface area is 241 Å². The number of Topliss-reactive ketones (excluding diaryl/α,β-unsaturated/α-hetero) is 1. The Balaban J connectivity index is 2.57. The molecule has 0 bridgehead atoms. The van der Waals surface area contributed by atoms with Crippen molar-refractivity contribution in [1.82, 2.24) is 0 Å². The van der Waals surface area contributed by atoms with Gasteiger partial charge in [-0.25, -0.2) is 0 Å². The van der Waals surface area contributed by atoms with Crippen molar-refractivity contribution < 1.29 is 33.4 Å². The number of esters is 1. The zero-order valence-corrected chi connectivity index (χ0v) is 26.7. The van der Waals surface area contributed by atoms with Gasteiger partial charge in [-0.15, -0.1) is 0 Å². The Morgan fingerprint density at radius 3 is 2.15 bits per heavy atom. The largest absolute Gasteiger partial charge is 0.459 e. The Morgan fingerprint density at radius 1 is 1.00 bits per heavy atom. The van der Waals surface area contributed by atoms with Gasteiger partial charge >= 0.3 is 5.97 Å². The number of benzene rings is 1. The number of carbonyl (C=O) groups excluding carboxylic acids is 3. The lowest BCUT2D eigenvalue weighted by Crippen LogP contribution is -2.52. The lowest BCUT2D eigenvalue weighted by molar-refractivity contribution is -0.176. The van der Waals surface area contributed by atoms with E-state index in [1.54, 1.807) is 19.9 Å². The van der Waals surface area contributed by atoms with Gasteiger partial charge in [-0.05, 0) is 69.3 Å². The molecule has 7 nitrogen and oxygen atoms in total. The summed E-state index contributed by atoms with van der Waals surface area (Å²) < 4.78 is 18.8. The van der Waals surface area contributed by atoms with Crippen molar-refractivity contribution in [1.29, 1.82) is 0 Å². The summed E-state index contributed by atoms with van der Waals surface area (Å²) in [6.45, 7) is 15.2. The van der Waals surface area contributed by atoms with Gasteiger partial charge in [0, 0.05) is 6.42 Å². The number of hydrogen-bond acceptors (Lipinski definition) is 7. The first-order valence-corrected chi connectivity index (χ1v) is 17.3. The first kappa shape index (κ1) is 34.1. The van der Waals surface area contributed by atoms with Crippen molar-refractivity contribution in [2.45, 2.75) is 123 Å². The molecule has 6 atom stereocenters. The molecule has 1 N–H and O–H groups in total. The van der Waals surface area contributed by atoms with Crippen LogP contribution in [0.1, 0.15) is 80.2 Å². The number of aliphatic hydroxyl groups is 1. The van der Waals surface area contributed by atoms with Crippen LogP contribution in [0.4, 0.5) is 0 Å². The molecule has 1 heterocycles. The molecular weight excluding hydrogens is 524 g/mol. The van der Waals surface area contributed by atoms with Gasteiger partial charge in [0.15, 0.2) is 25.5 Å². The molecule has 1 aliphatic heterocycles. The highest BCUT2D eigenvalue weighted by Crippen LogP contribution is 2.35. The first-order valence-electron chi connectivity index (χ1n) is 14.8. The Hall–Kier alpha value is -2.13. The van der Waals surface area contributed by atoms with Gasteiger partial charge in [-0.3, -0.25) is 14.4 Å². The normalized spacial score (nSPS) is 31.9. The second-order valence-corrected chi connectivity index (χ2v) is 16.4. The van der Waals surface area contributed by atoms with Gasteiger partial charge in [0.2, 0.25) is 0 Å². The quantitative estimate of drug-likeness (QED) is 0.277. The Kier molecular flexibility index (Phi) is 12.5. The molecule has 1 aromatic carbocycles. The smallest absolute Gasteiger partial charge is 0.311 e. The minimum Gasteiger partial charge on any atom is -0.459 e. The molecule has 0 saturated heterocycles. The number of ether oxygens (including phenoxy) is 2. The summed E-state index contributed by atoms with van der Waals surface area (Å²) in [6.07, 6.45) is 1.83. The van der Waals surface area contributed by atoms with E-state index in [-0.39, 0.29) is 31.1 Å². The summed E-state index contributed by atoms with van der Waals surface area (Å²) >= 11 is 0. The molecule has 0 spiro atoms. The number of rotatable bonds is 9. The highest BCUT2D eigenvalue weighted by Gasteiger charge is 2.46. The molecule has 0 fully saturated rings. The second-order valence-electron chi connectivity index (χ2n) is 11.7. The van der Waals surface area contributed by atoms with Crippen LogP contribution >= 0.6 is 0 Å². The number of cyclic esters (lactones) is 1. The van der Waals surface area contributed by atoms with Gasteiger partial charge < -0.3 is 19.0 Å². The molecule has 40 heavy (non-hydrogen) atoms. The standard InChI is InChI=1S/C32H50O7Si/c1-9-29-32(8,36)27(33)19-18-23(5)21-31(7,39-40(10-2,11-3)12-4)28(34)20-26(24(6)30(35)38-29)37-22-25-16-14-13-15-17-25/h13-19,23-24,26,29,36H,9-12,20-22H2,1-8H3/b19-18+/t23-,24+,26-,29+,31+,32-/m0/s1. The number of allylic oxidation sites excluding steroid dienone is 1. The first-order chi connectivity index (χ1) is 18.8. The van der Waals surface area contributed by atoms with Gasteiger partial charge in [-0.2, -0.15) is 0 Å². The molecule has 0 amide bonds. The number of hydrogen-bond donors (Lipinski definition) is 1. The van der Waals surface area contributed by atoms with Crippen molar-refractivity contribution in [2.24, 2.45) is 11.8 Å². The molecule has 1 aromatic rings. The summed E-state index contributed by atoms with van der Waals surface area (Å²) in [5.74, 6) is -2.30. The van der Waals surface area contributed by atoms with Crippen LogP contribution in [0, 0.1) is 11.8 Å². The molecule has 0 radical (unpaired) electrons. The zero-order chi connectivity index (χ0) is 30.1. The van der Waals surface area contributed by atoms with Gasteiger partial charge in [0.1, 0.15) is 11.7 Å². The molecule has 0 aliphatic carbocycles. The minimum atomic E-state index is -2.22. The number of ketones is 2. The summed E-state index contributed by atoms with van der Waals surface area (Å²) in [5.41, 5.74) is -2.10. The van der Waals surface area contributed by atoms with Crippen molar-refractivity contribution in [3.05, 3.63) is 48.0 Å². The van der Waals surface area contributed by atoms with E-state index in [0.717, 1.165) is 23.7 Å². The summed E-state index contributed by atoms with van der Waals surface area (Å²) in [7, 11) is -2.22. The summed E-state index contributed by atoms with van der Waals surface area (Å²) in [4.78, 5) is 40.6. The van der Waals surface area contributed by atoms with Crippen LogP contribution in [0.5, 0.6) is 0 Å². The van der Waals surface area contributed by atoms with Crippen molar-refractivity contribution in [2.75, 3.05) is 0 Å². The van der Waals surface area contributed by atoms with E-state index in [1.807, 2.05) is 44.2 Å². The van der Waals surface area contributed by atoms with Crippen LogP contribution in [-0.2, 0) is 34.9 Å². The molecule has 8 heteroatoms. The fraction of sp³-hybridized carbons (Fsp3) is 0.656. The predicted octanol–water partition coefficient (Wildman–Crippen LogP) is 6.19. The number of carbonyl (C=O) groups is 3. The maximum Gasteiger partial charge on any atom is 0.311 e. The molecule has 0 saturated carbocycles. The van der Waals surface area contributed by atoms with E-state index >= 15 is 0 Å². The van der Waals surface area contributed by atoms with E-state index in [4.69, 9.17) is 13.9 Å². The third-order valence-corrected chi connectivity index (χ3v) is 13.4. The van der Waals surface area contributed by atoms with Crippen molar-refractivity contribution in [3.8, 4) is 0 Å². The van der Waals surface area contributed by atoms with E-state index < -0.39 is 49.4 Å². The van der Waals surface area contributed by atoms with Crippen LogP contribution in [0.3, 0.4) is 0 Å². The van der Waals surface area contributed by atoms with Crippen LogP contribution in [-0.4, -0.2) is 54.4 Å². The third-order valence-electron chi connectivity index (χ3n) is 8.63. The monoisotopic (exact) mass is 574 g/mol. The predicted molar refractivity (Wildman–Crippen MR) is 159 cm³/mol. The van der Waals surface area contributed by atoms with Gasteiger partial charge in [0.25, 0.3) is 0 Å². The molecular formula is C32H50O7Si. The molecule has 224 valence electrons. The lowest BCUT2D eigenvalue weighted by atomic mass is 9.84. The van der Waals surface area contributed by atoms with Crippen LogP contribution in [0.2, 0.25) is 18.1 Å². The van der Waals surface area contributed by atoms with E-state index in [2.05, 4.69) is 20.8 Å². The molecule has 2 rings (SSSR count).